The molecule has 1 fully saturated rings. The zero-order valence-corrected chi connectivity index (χ0v) is 14.5. The van der Waals surface area contributed by atoms with E-state index in [1.165, 1.54) is 18.7 Å². The Morgan fingerprint density at radius 1 is 1.25 bits per heavy atom. The van der Waals surface area contributed by atoms with Gasteiger partial charge in [-0.2, -0.15) is 0 Å². The molecule has 1 aliphatic heterocycles. The molecule has 0 saturated carbocycles. The fourth-order valence-electron chi connectivity index (χ4n) is 2.08. The lowest BCUT2D eigenvalue weighted by atomic mass is 10.1. The Labute approximate surface area is 143 Å². The number of rotatable bonds is 5. The largest absolute Gasteiger partial charge is 0.400 e. The molecule has 1 aliphatic rings. The number of hydrogen-bond acceptors (Lipinski definition) is 5. The number of ether oxygens (including phenoxy) is 1. The second-order valence-corrected chi connectivity index (χ2v) is 5.06. The number of halogens is 1. The van der Waals surface area contributed by atoms with E-state index in [2.05, 4.69) is 11.8 Å². The van der Waals surface area contributed by atoms with Gasteiger partial charge >= 0.3 is 0 Å². The number of morpholine rings is 1. The quantitative estimate of drug-likeness (QED) is 0.558. The van der Waals surface area contributed by atoms with Crippen LogP contribution in [0, 0.1) is 5.82 Å². The number of aliphatic hydroxyl groups excluding tert-OH is 1. The van der Waals surface area contributed by atoms with Gasteiger partial charge in [-0.05, 0) is 37.1 Å². The number of carbonyl (C=O) groups is 1. The molecule has 0 radical (unpaired) electrons. The van der Waals surface area contributed by atoms with E-state index < -0.39 is 5.91 Å². The van der Waals surface area contributed by atoms with Gasteiger partial charge in [-0.3, -0.25) is 14.9 Å². The standard InChI is InChI=1S/C10H12FNO2.C6H13NO.CH4O/c11-9-6-4-8(5-7-9)2-1-3-10(13)12-14;1-2-7-3-5-8-6-4-7;1-2/h4-7,14H,1-3H2,(H,12,13);2-6H2,1H3;2H,1H3. The molecule has 1 aromatic carbocycles. The van der Waals surface area contributed by atoms with Crippen LogP contribution in [0.1, 0.15) is 25.3 Å². The Kier molecular flexibility index (Phi) is 14.1. The number of nitrogens with one attached hydrogen (secondary N) is 1. The van der Waals surface area contributed by atoms with Crippen molar-refractivity contribution in [3.63, 3.8) is 0 Å². The molecule has 2 rings (SSSR count). The van der Waals surface area contributed by atoms with Gasteiger partial charge in [0.1, 0.15) is 5.82 Å². The maximum absolute atomic E-state index is 12.5. The molecule has 1 amide bonds. The third-order valence-electron chi connectivity index (χ3n) is 3.46. The maximum atomic E-state index is 12.5. The minimum atomic E-state index is -0.396. The van der Waals surface area contributed by atoms with Crippen molar-refractivity contribution < 1.29 is 24.2 Å². The molecule has 7 heteroatoms. The summed E-state index contributed by atoms with van der Waals surface area (Å²) in [6.45, 7) is 7.45. The molecule has 0 aliphatic carbocycles. The summed E-state index contributed by atoms with van der Waals surface area (Å²) in [5.74, 6) is -0.658. The van der Waals surface area contributed by atoms with Crippen LogP contribution in [0.15, 0.2) is 24.3 Å². The molecular formula is C17H29FN2O4. The first-order valence-electron chi connectivity index (χ1n) is 8.08. The summed E-state index contributed by atoms with van der Waals surface area (Å²) in [6.07, 6.45) is 1.61. The van der Waals surface area contributed by atoms with Crippen molar-refractivity contribution in [2.45, 2.75) is 26.2 Å². The summed E-state index contributed by atoms with van der Waals surface area (Å²) in [6, 6.07) is 6.15. The number of aliphatic hydroxyl groups is 1. The molecule has 0 aromatic heterocycles. The maximum Gasteiger partial charge on any atom is 0.243 e. The van der Waals surface area contributed by atoms with Crippen LogP contribution in [-0.4, -0.2) is 61.1 Å². The lowest BCUT2D eigenvalue weighted by molar-refractivity contribution is -0.129. The fourth-order valence-corrected chi connectivity index (χ4v) is 2.08. The molecule has 6 nitrogen and oxygen atoms in total. The highest BCUT2D eigenvalue weighted by atomic mass is 19.1. The predicted molar refractivity (Wildman–Crippen MR) is 90.3 cm³/mol. The summed E-state index contributed by atoms with van der Waals surface area (Å²) in [4.78, 5) is 13.0. The third-order valence-corrected chi connectivity index (χ3v) is 3.46. The van der Waals surface area contributed by atoms with E-state index in [-0.39, 0.29) is 12.2 Å². The number of hydrogen-bond donors (Lipinski definition) is 3. The zero-order chi connectivity index (χ0) is 18.2. The van der Waals surface area contributed by atoms with Gasteiger partial charge in [-0.25, -0.2) is 9.87 Å². The summed E-state index contributed by atoms with van der Waals surface area (Å²) < 4.78 is 17.7. The molecule has 0 unspecified atom stereocenters. The van der Waals surface area contributed by atoms with Crippen LogP contribution in [0.3, 0.4) is 0 Å². The second-order valence-electron chi connectivity index (χ2n) is 5.06. The number of hydroxylamine groups is 1. The van der Waals surface area contributed by atoms with Gasteiger partial charge in [0.2, 0.25) is 5.91 Å². The van der Waals surface area contributed by atoms with Gasteiger partial charge in [-0.1, -0.05) is 19.1 Å². The van der Waals surface area contributed by atoms with Crippen molar-refractivity contribution in [1.29, 1.82) is 0 Å². The first-order chi connectivity index (χ1) is 11.7. The van der Waals surface area contributed by atoms with Crippen molar-refractivity contribution in [2.75, 3.05) is 40.0 Å². The highest BCUT2D eigenvalue weighted by Gasteiger charge is 2.05. The summed E-state index contributed by atoms with van der Waals surface area (Å²) in [5, 5.41) is 15.2. The minimum absolute atomic E-state index is 0.262. The highest BCUT2D eigenvalue weighted by Crippen LogP contribution is 2.06. The van der Waals surface area contributed by atoms with E-state index in [0.29, 0.717) is 12.8 Å². The predicted octanol–water partition coefficient (Wildman–Crippen LogP) is 1.60. The number of benzene rings is 1. The van der Waals surface area contributed by atoms with Gasteiger partial charge in [0.25, 0.3) is 0 Å². The molecule has 1 heterocycles. The molecule has 0 atom stereocenters. The van der Waals surface area contributed by atoms with Crippen molar-refractivity contribution in [2.24, 2.45) is 0 Å². The molecule has 0 bridgehead atoms. The second kappa shape index (κ2) is 15.0. The topological polar surface area (TPSA) is 82.0 Å². The Balaban J connectivity index is 0.000000447. The van der Waals surface area contributed by atoms with E-state index >= 15 is 0 Å². The highest BCUT2D eigenvalue weighted by molar-refractivity contribution is 5.74. The molecule has 24 heavy (non-hydrogen) atoms. The zero-order valence-electron chi connectivity index (χ0n) is 14.5. The number of amides is 1. The average Bonchev–Trinajstić information content (AvgIpc) is 2.66. The van der Waals surface area contributed by atoms with Crippen molar-refractivity contribution >= 4 is 5.91 Å². The van der Waals surface area contributed by atoms with E-state index in [0.717, 1.165) is 39.0 Å². The van der Waals surface area contributed by atoms with Crippen LogP contribution < -0.4 is 5.48 Å². The van der Waals surface area contributed by atoms with E-state index in [1.807, 2.05) is 0 Å². The monoisotopic (exact) mass is 344 g/mol. The summed E-state index contributed by atoms with van der Waals surface area (Å²) in [5.41, 5.74) is 2.54. The number of nitrogens with zero attached hydrogens (tertiary/aromatic N) is 1. The smallest absolute Gasteiger partial charge is 0.243 e. The van der Waals surface area contributed by atoms with Gasteiger partial charge in [0, 0.05) is 26.6 Å². The lowest BCUT2D eigenvalue weighted by Gasteiger charge is -2.24. The van der Waals surface area contributed by atoms with Gasteiger partial charge in [-0.15, -0.1) is 0 Å². The van der Waals surface area contributed by atoms with E-state index in [1.54, 1.807) is 17.6 Å². The van der Waals surface area contributed by atoms with Crippen LogP contribution in [0.5, 0.6) is 0 Å². The van der Waals surface area contributed by atoms with Crippen molar-refractivity contribution in [3.05, 3.63) is 35.6 Å². The third kappa shape index (κ3) is 11.1. The molecule has 3 N–H and O–H groups in total. The Morgan fingerprint density at radius 2 is 1.83 bits per heavy atom. The van der Waals surface area contributed by atoms with Crippen LogP contribution in [0.2, 0.25) is 0 Å². The first kappa shape index (κ1) is 22.5. The van der Waals surface area contributed by atoms with Gasteiger partial charge < -0.3 is 9.84 Å². The fraction of sp³-hybridized carbons (Fsp3) is 0.588. The van der Waals surface area contributed by atoms with Crippen LogP contribution in [0.4, 0.5) is 4.39 Å². The molecule has 1 aromatic rings. The number of carbonyl (C=O) groups excluding carboxylic acids is 1. The Morgan fingerprint density at radius 3 is 2.29 bits per heavy atom. The Hall–Kier alpha value is -1.54. The molecule has 138 valence electrons. The van der Waals surface area contributed by atoms with Crippen LogP contribution in [-0.2, 0) is 16.0 Å². The molecule has 1 saturated heterocycles. The van der Waals surface area contributed by atoms with E-state index in [9.17, 15) is 9.18 Å². The van der Waals surface area contributed by atoms with Gasteiger partial charge in [0.15, 0.2) is 0 Å². The van der Waals surface area contributed by atoms with E-state index in [4.69, 9.17) is 15.1 Å². The van der Waals surface area contributed by atoms with Crippen LogP contribution >= 0.6 is 0 Å². The lowest BCUT2D eigenvalue weighted by Crippen LogP contribution is -2.35. The van der Waals surface area contributed by atoms with Gasteiger partial charge in [0.05, 0.1) is 13.2 Å². The summed E-state index contributed by atoms with van der Waals surface area (Å²) >= 11 is 0. The number of aryl methyl sites for hydroxylation is 1. The molecule has 0 spiro atoms. The van der Waals surface area contributed by atoms with Crippen LogP contribution in [0.25, 0.3) is 0 Å². The Bertz CT molecular complexity index is 423. The van der Waals surface area contributed by atoms with Crippen molar-refractivity contribution in [1.82, 2.24) is 10.4 Å². The number of likely N-dealkylation sites (N-methyl/N-ethyl adjacent to an activating group) is 1. The molecular weight excluding hydrogens is 315 g/mol. The summed E-state index contributed by atoms with van der Waals surface area (Å²) in [7, 11) is 1.00. The van der Waals surface area contributed by atoms with Crippen molar-refractivity contribution in [3.8, 4) is 0 Å². The SMILES string of the molecule is CCN1CCOCC1.CO.O=C(CCCc1ccc(F)cc1)NO. The normalized spacial score (nSPS) is 13.9. The first-order valence-corrected chi connectivity index (χ1v) is 8.08. The minimum Gasteiger partial charge on any atom is -0.400 e. The average molecular weight is 344 g/mol.